The summed E-state index contributed by atoms with van der Waals surface area (Å²) in [5.74, 6) is -2.30. The molecule has 5 nitrogen and oxygen atoms in total. The molecule has 0 aliphatic rings. The van der Waals surface area contributed by atoms with Gasteiger partial charge in [-0.25, -0.2) is 14.6 Å². The maximum Gasteiger partial charge on any atom is 0.354 e. The molecule has 0 aliphatic heterocycles. The first-order chi connectivity index (χ1) is 5.61. The molecule has 1 aromatic rings. The standard InChI is InChI=1S/C7H5NO4.Zr/c9-6(10)4-1-2-5(7(11)12)8-3-4;/h1-3H,(H,9,10)(H,11,12);. The molecule has 1 rings (SSSR count). The van der Waals surface area contributed by atoms with Gasteiger partial charge < -0.3 is 10.2 Å². The summed E-state index contributed by atoms with van der Waals surface area (Å²) < 4.78 is 0. The molecule has 0 saturated carbocycles. The van der Waals surface area contributed by atoms with Crippen molar-refractivity contribution < 1.29 is 46.0 Å². The Kier molecular flexibility index (Phi) is 4.48. The smallest absolute Gasteiger partial charge is 0.354 e. The van der Waals surface area contributed by atoms with Gasteiger partial charge in [-0.15, -0.1) is 0 Å². The van der Waals surface area contributed by atoms with Crippen LogP contribution in [0.15, 0.2) is 18.3 Å². The molecule has 13 heavy (non-hydrogen) atoms. The zero-order valence-corrected chi connectivity index (χ0v) is 8.85. The first-order valence-corrected chi connectivity index (χ1v) is 3.04. The largest absolute Gasteiger partial charge is 0.478 e. The molecule has 1 aromatic heterocycles. The Bertz CT molecular complexity index is 289. The Morgan fingerprint density at radius 2 is 1.77 bits per heavy atom. The van der Waals surface area contributed by atoms with Crippen molar-refractivity contribution in [3.63, 3.8) is 0 Å². The van der Waals surface area contributed by atoms with Gasteiger partial charge in [-0.05, 0) is 12.1 Å². The van der Waals surface area contributed by atoms with Crippen LogP contribution in [0.2, 0.25) is 0 Å². The third-order valence-corrected chi connectivity index (χ3v) is 1.23. The number of carbonyl (C=O) groups is 2. The Hall–Kier alpha value is -1.03. The van der Waals surface area contributed by atoms with Gasteiger partial charge in [-0.1, -0.05) is 0 Å². The Morgan fingerprint density at radius 1 is 1.15 bits per heavy atom. The predicted molar refractivity (Wildman–Crippen MR) is 38.2 cm³/mol. The van der Waals surface area contributed by atoms with Gasteiger partial charge in [-0.3, -0.25) is 0 Å². The summed E-state index contributed by atoms with van der Waals surface area (Å²) in [5.41, 5.74) is -0.194. The van der Waals surface area contributed by atoms with Crippen LogP contribution < -0.4 is 0 Å². The van der Waals surface area contributed by atoms with E-state index in [1.165, 1.54) is 6.07 Å². The zero-order valence-electron chi connectivity index (χ0n) is 6.39. The first kappa shape index (κ1) is 12.0. The summed E-state index contributed by atoms with van der Waals surface area (Å²) in [6.45, 7) is 0. The van der Waals surface area contributed by atoms with E-state index in [9.17, 15) is 9.59 Å². The Labute approximate surface area is 92.5 Å². The summed E-state index contributed by atoms with van der Waals surface area (Å²) in [6.07, 6.45) is 1.01. The van der Waals surface area contributed by atoms with Crippen molar-refractivity contribution in [1.29, 1.82) is 0 Å². The molecule has 2 N–H and O–H groups in total. The van der Waals surface area contributed by atoms with Crippen molar-refractivity contribution in [3.05, 3.63) is 29.6 Å². The SMILES string of the molecule is O=C(O)c1ccc(C(=O)O)nc1.[Zr]. The molecule has 0 atom stereocenters. The first-order valence-electron chi connectivity index (χ1n) is 3.04. The Balaban J connectivity index is 0.00000144. The second kappa shape index (κ2) is 4.87. The number of carboxylic acid groups (broad SMARTS) is 2. The fourth-order valence-corrected chi connectivity index (χ4v) is 0.647. The van der Waals surface area contributed by atoms with Crippen LogP contribution in [0, 0.1) is 0 Å². The van der Waals surface area contributed by atoms with Crippen molar-refractivity contribution in [2.45, 2.75) is 0 Å². The van der Waals surface area contributed by atoms with Crippen LogP contribution in [0.3, 0.4) is 0 Å². The molecule has 0 saturated heterocycles. The van der Waals surface area contributed by atoms with Gasteiger partial charge in [0, 0.05) is 32.4 Å². The van der Waals surface area contributed by atoms with Crippen LogP contribution in [0.25, 0.3) is 0 Å². The molecule has 0 aliphatic carbocycles. The molecule has 0 bridgehead atoms. The molecule has 0 aromatic carbocycles. The van der Waals surface area contributed by atoms with Crippen molar-refractivity contribution in [2.75, 3.05) is 0 Å². The number of pyridine rings is 1. The van der Waals surface area contributed by atoms with Crippen LogP contribution in [0.4, 0.5) is 0 Å². The fraction of sp³-hybridized carbons (Fsp3) is 0. The molecular formula is C7H5NO4Zr. The molecule has 0 amide bonds. The van der Waals surface area contributed by atoms with Crippen LogP contribution in [0.5, 0.6) is 0 Å². The van der Waals surface area contributed by atoms with Crippen LogP contribution in [-0.2, 0) is 26.2 Å². The predicted octanol–water partition coefficient (Wildman–Crippen LogP) is 0.475. The number of aromatic carboxylic acids is 2. The fourth-order valence-electron chi connectivity index (χ4n) is 0.647. The van der Waals surface area contributed by atoms with Crippen molar-refractivity contribution in [2.24, 2.45) is 0 Å². The summed E-state index contributed by atoms with van der Waals surface area (Å²) >= 11 is 0. The molecule has 0 unspecified atom stereocenters. The summed E-state index contributed by atoms with van der Waals surface area (Å²) in [4.78, 5) is 24.0. The second-order valence-electron chi connectivity index (χ2n) is 2.04. The maximum atomic E-state index is 10.3. The van der Waals surface area contributed by atoms with E-state index < -0.39 is 11.9 Å². The van der Waals surface area contributed by atoms with E-state index in [1.54, 1.807) is 0 Å². The van der Waals surface area contributed by atoms with Gasteiger partial charge in [-0.2, -0.15) is 0 Å². The molecule has 0 radical (unpaired) electrons. The van der Waals surface area contributed by atoms with Crippen molar-refractivity contribution in [1.82, 2.24) is 4.98 Å². The van der Waals surface area contributed by atoms with Gasteiger partial charge >= 0.3 is 11.9 Å². The quantitative estimate of drug-likeness (QED) is 0.805. The zero-order chi connectivity index (χ0) is 9.14. The third kappa shape index (κ3) is 3.07. The van der Waals surface area contributed by atoms with E-state index in [0.717, 1.165) is 12.3 Å². The number of nitrogens with zero attached hydrogens (tertiary/aromatic N) is 1. The molecule has 0 spiro atoms. The Morgan fingerprint density at radius 3 is 2.08 bits per heavy atom. The third-order valence-electron chi connectivity index (χ3n) is 1.23. The second-order valence-corrected chi connectivity index (χ2v) is 2.04. The topological polar surface area (TPSA) is 87.5 Å². The number of carboxylic acids is 2. The molecule has 66 valence electrons. The van der Waals surface area contributed by atoms with E-state index in [2.05, 4.69) is 4.98 Å². The summed E-state index contributed by atoms with van der Waals surface area (Å²) in [5, 5.41) is 16.8. The number of aromatic nitrogens is 1. The average Bonchev–Trinajstić information content (AvgIpc) is 2.04. The van der Waals surface area contributed by atoms with E-state index in [1.807, 2.05) is 0 Å². The maximum absolute atomic E-state index is 10.3. The van der Waals surface area contributed by atoms with E-state index in [-0.39, 0.29) is 37.5 Å². The monoisotopic (exact) mass is 257 g/mol. The van der Waals surface area contributed by atoms with Crippen LogP contribution >= 0.6 is 0 Å². The number of rotatable bonds is 2. The summed E-state index contributed by atoms with van der Waals surface area (Å²) in [6, 6.07) is 2.34. The normalized spacial score (nSPS) is 8.62. The average molecular weight is 258 g/mol. The minimum absolute atomic E-state index is 0. The number of hydrogen-bond donors (Lipinski definition) is 2. The van der Waals surface area contributed by atoms with Crippen molar-refractivity contribution in [3.8, 4) is 0 Å². The molecule has 6 heteroatoms. The van der Waals surface area contributed by atoms with Gasteiger partial charge in [0.25, 0.3) is 0 Å². The molecule has 0 fully saturated rings. The van der Waals surface area contributed by atoms with Crippen LogP contribution in [0.1, 0.15) is 20.8 Å². The van der Waals surface area contributed by atoms with E-state index in [4.69, 9.17) is 10.2 Å². The van der Waals surface area contributed by atoms with E-state index >= 15 is 0 Å². The van der Waals surface area contributed by atoms with Crippen molar-refractivity contribution >= 4 is 11.9 Å². The minimum Gasteiger partial charge on any atom is -0.478 e. The molecular weight excluding hydrogens is 253 g/mol. The number of hydrogen-bond acceptors (Lipinski definition) is 3. The van der Waals surface area contributed by atoms with Gasteiger partial charge in [0.05, 0.1) is 5.56 Å². The minimum atomic E-state index is -1.17. The van der Waals surface area contributed by atoms with Gasteiger partial charge in [0.2, 0.25) is 0 Å². The van der Waals surface area contributed by atoms with Gasteiger partial charge in [0.15, 0.2) is 0 Å². The summed E-state index contributed by atoms with van der Waals surface area (Å²) in [7, 11) is 0. The van der Waals surface area contributed by atoms with E-state index in [0.29, 0.717) is 0 Å². The van der Waals surface area contributed by atoms with Gasteiger partial charge in [0.1, 0.15) is 5.69 Å². The van der Waals surface area contributed by atoms with Crippen LogP contribution in [-0.4, -0.2) is 27.1 Å². The molecule has 1 heterocycles.